The van der Waals surface area contributed by atoms with Gasteiger partial charge in [-0.1, -0.05) is 36.9 Å². The standard InChI is InChI=1S/C19H23N5OS/c1-5-12(2)20-17(25)16-9-7-6-8-15(16)11-26-19-22-18-21-13(3)10-14(4)24(18)23-19/h6-10,12H,5,11H2,1-4H3,(H,20,25). The van der Waals surface area contributed by atoms with Crippen molar-refractivity contribution in [1.29, 1.82) is 0 Å². The lowest BCUT2D eigenvalue weighted by molar-refractivity contribution is 0.0938. The quantitative estimate of drug-likeness (QED) is 0.673. The second-order valence-electron chi connectivity index (χ2n) is 6.37. The Morgan fingerprint density at radius 1 is 1.27 bits per heavy atom. The van der Waals surface area contributed by atoms with E-state index in [1.807, 2.05) is 51.1 Å². The Morgan fingerprint density at radius 3 is 2.81 bits per heavy atom. The van der Waals surface area contributed by atoms with Crippen molar-refractivity contribution in [2.45, 2.75) is 51.1 Å². The van der Waals surface area contributed by atoms with Crippen LogP contribution in [0.1, 0.15) is 47.6 Å². The number of rotatable bonds is 6. The summed E-state index contributed by atoms with van der Waals surface area (Å²) in [6.07, 6.45) is 0.902. The second kappa shape index (κ2) is 7.86. The first kappa shape index (κ1) is 18.4. The lowest BCUT2D eigenvalue weighted by atomic mass is 10.1. The van der Waals surface area contributed by atoms with E-state index in [9.17, 15) is 4.79 Å². The number of thioether (sulfide) groups is 1. The molecule has 0 aliphatic rings. The zero-order chi connectivity index (χ0) is 18.7. The molecule has 1 amide bonds. The number of carbonyl (C=O) groups is 1. The highest BCUT2D eigenvalue weighted by molar-refractivity contribution is 7.98. The molecule has 2 aromatic heterocycles. The molecule has 6 nitrogen and oxygen atoms in total. The zero-order valence-corrected chi connectivity index (χ0v) is 16.3. The lowest BCUT2D eigenvalue weighted by Crippen LogP contribution is -2.32. The van der Waals surface area contributed by atoms with Gasteiger partial charge in [0.25, 0.3) is 11.7 Å². The van der Waals surface area contributed by atoms with Crippen LogP contribution in [0.15, 0.2) is 35.5 Å². The molecular formula is C19H23N5OS. The summed E-state index contributed by atoms with van der Waals surface area (Å²) in [5, 5.41) is 8.19. The number of aryl methyl sites for hydroxylation is 2. The van der Waals surface area contributed by atoms with Crippen LogP contribution in [0.4, 0.5) is 0 Å². The van der Waals surface area contributed by atoms with Crippen LogP contribution in [0.3, 0.4) is 0 Å². The molecular weight excluding hydrogens is 346 g/mol. The summed E-state index contributed by atoms with van der Waals surface area (Å²) in [5.41, 5.74) is 3.60. The van der Waals surface area contributed by atoms with E-state index in [4.69, 9.17) is 0 Å². The Hall–Kier alpha value is -2.41. The van der Waals surface area contributed by atoms with Crippen molar-refractivity contribution < 1.29 is 4.79 Å². The van der Waals surface area contributed by atoms with Crippen LogP contribution in [0, 0.1) is 13.8 Å². The van der Waals surface area contributed by atoms with Crippen molar-refractivity contribution in [3.8, 4) is 0 Å². The third-order valence-corrected chi connectivity index (χ3v) is 5.09. The molecule has 0 saturated heterocycles. The van der Waals surface area contributed by atoms with Crippen LogP contribution in [-0.2, 0) is 5.75 Å². The van der Waals surface area contributed by atoms with Crippen LogP contribution in [-0.4, -0.2) is 31.5 Å². The normalized spacial score (nSPS) is 12.3. The average Bonchev–Trinajstić information content (AvgIpc) is 3.03. The molecule has 0 radical (unpaired) electrons. The van der Waals surface area contributed by atoms with E-state index in [1.54, 1.807) is 4.52 Å². The van der Waals surface area contributed by atoms with Crippen molar-refractivity contribution in [1.82, 2.24) is 24.9 Å². The Labute approximate surface area is 157 Å². The second-order valence-corrected chi connectivity index (χ2v) is 7.32. The molecule has 0 aliphatic heterocycles. The lowest BCUT2D eigenvalue weighted by Gasteiger charge is -2.13. The maximum atomic E-state index is 12.5. The number of aromatic nitrogens is 4. The Morgan fingerprint density at radius 2 is 2.04 bits per heavy atom. The van der Waals surface area contributed by atoms with E-state index < -0.39 is 0 Å². The minimum atomic E-state index is -0.0355. The number of nitrogens with one attached hydrogen (secondary N) is 1. The molecule has 0 bridgehead atoms. The van der Waals surface area contributed by atoms with Gasteiger partial charge in [0.2, 0.25) is 5.16 Å². The molecule has 0 spiro atoms. The number of benzene rings is 1. The van der Waals surface area contributed by atoms with Gasteiger partial charge in [-0.25, -0.2) is 9.50 Å². The Bertz CT molecular complexity index is 937. The monoisotopic (exact) mass is 369 g/mol. The van der Waals surface area contributed by atoms with Gasteiger partial charge in [0.1, 0.15) is 0 Å². The van der Waals surface area contributed by atoms with E-state index >= 15 is 0 Å². The van der Waals surface area contributed by atoms with Crippen LogP contribution >= 0.6 is 11.8 Å². The first-order valence-electron chi connectivity index (χ1n) is 8.70. The van der Waals surface area contributed by atoms with Crippen molar-refractivity contribution >= 4 is 23.4 Å². The number of hydrogen-bond acceptors (Lipinski definition) is 5. The first-order chi connectivity index (χ1) is 12.5. The molecule has 0 saturated carbocycles. The summed E-state index contributed by atoms with van der Waals surface area (Å²) in [6.45, 7) is 7.99. The fraction of sp³-hybridized carbons (Fsp3) is 0.368. The Kier molecular flexibility index (Phi) is 5.56. The molecule has 136 valence electrons. The SMILES string of the molecule is CCC(C)NC(=O)c1ccccc1CSc1nc2nc(C)cc(C)n2n1. The number of carbonyl (C=O) groups excluding carboxylic acids is 1. The predicted octanol–water partition coefficient (Wildman–Crippen LogP) is 3.56. The van der Waals surface area contributed by atoms with Gasteiger partial charge in [0.15, 0.2) is 0 Å². The van der Waals surface area contributed by atoms with Crippen molar-refractivity contribution in [2.24, 2.45) is 0 Å². The summed E-state index contributed by atoms with van der Waals surface area (Å²) in [6, 6.07) is 9.80. The molecule has 1 aromatic carbocycles. The molecule has 2 heterocycles. The van der Waals surface area contributed by atoms with Gasteiger partial charge in [-0.2, -0.15) is 4.98 Å². The number of hydrogen-bond donors (Lipinski definition) is 1. The van der Waals surface area contributed by atoms with Crippen molar-refractivity contribution in [3.05, 3.63) is 52.8 Å². The van der Waals surface area contributed by atoms with E-state index in [2.05, 4.69) is 27.3 Å². The smallest absolute Gasteiger partial charge is 0.253 e. The van der Waals surface area contributed by atoms with Crippen LogP contribution in [0.5, 0.6) is 0 Å². The van der Waals surface area contributed by atoms with Gasteiger partial charge in [-0.05, 0) is 44.9 Å². The Balaban J connectivity index is 1.78. The summed E-state index contributed by atoms with van der Waals surface area (Å²) in [5.74, 6) is 1.19. The molecule has 3 rings (SSSR count). The molecule has 7 heteroatoms. The third kappa shape index (κ3) is 4.04. The fourth-order valence-electron chi connectivity index (χ4n) is 2.62. The topological polar surface area (TPSA) is 72.2 Å². The minimum Gasteiger partial charge on any atom is -0.350 e. The highest BCUT2D eigenvalue weighted by atomic mass is 32.2. The van der Waals surface area contributed by atoms with Gasteiger partial charge in [0, 0.05) is 28.7 Å². The fourth-order valence-corrected chi connectivity index (χ4v) is 3.44. The third-order valence-electron chi connectivity index (χ3n) is 4.21. The van der Waals surface area contributed by atoms with Gasteiger partial charge in [-0.15, -0.1) is 5.10 Å². The number of fused-ring (bicyclic) bond motifs is 1. The highest BCUT2D eigenvalue weighted by Gasteiger charge is 2.14. The maximum Gasteiger partial charge on any atom is 0.253 e. The number of nitrogens with zero attached hydrogens (tertiary/aromatic N) is 4. The summed E-state index contributed by atoms with van der Waals surface area (Å²) < 4.78 is 1.75. The molecule has 3 aromatic rings. The van der Waals surface area contributed by atoms with Crippen LogP contribution in [0.2, 0.25) is 0 Å². The molecule has 0 fully saturated rings. The van der Waals surface area contributed by atoms with E-state index in [-0.39, 0.29) is 11.9 Å². The summed E-state index contributed by atoms with van der Waals surface area (Å²) in [7, 11) is 0. The summed E-state index contributed by atoms with van der Waals surface area (Å²) >= 11 is 1.51. The maximum absolute atomic E-state index is 12.5. The number of amides is 1. The van der Waals surface area contributed by atoms with E-state index in [0.717, 1.165) is 23.4 Å². The van der Waals surface area contributed by atoms with Gasteiger partial charge >= 0.3 is 0 Å². The largest absolute Gasteiger partial charge is 0.350 e. The molecule has 1 atom stereocenters. The first-order valence-corrected chi connectivity index (χ1v) is 9.69. The van der Waals surface area contributed by atoms with Crippen molar-refractivity contribution in [2.75, 3.05) is 0 Å². The van der Waals surface area contributed by atoms with Crippen molar-refractivity contribution in [3.63, 3.8) is 0 Å². The highest BCUT2D eigenvalue weighted by Crippen LogP contribution is 2.23. The van der Waals surface area contributed by atoms with Crippen LogP contribution in [0.25, 0.3) is 5.78 Å². The summed E-state index contributed by atoms with van der Waals surface area (Å²) in [4.78, 5) is 21.4. The van der Waals surface area contributed by atoms with E-state index in [0.29, 0.717) is 22.3 Å². The molecule has 1 unspecified atom stereocenters. The van der Waals surface area contributed by atoms with Crippen LogP contribution < -0.4 is 5.32 Å². The van der Waals surface area contributed by atoms with Gasteiger partial charge in [0.05, 0.1) is 0 Å². The molecule has 0 aliphatic carbocycles. The predicted molar refractivity (Wildman–Crippen MR) is 103 cm³/mol. The van der Waals surface area contributed by atoms with Gasteiger partial charge in [-0.3, -0.25) is 4.79 Å². The molecule has 1 N–H and O–H groups in total. The van der Waals surface area contributed by atoms with Gasteiger partial charge < -0.3 is 5.32 Å². The minimum absolute atomic E-state index is 0.0355. The zero-order valence-electron chi connectivity index (χ0n) is 15.5. The average molecular weight is 369 g/mol. The molecule has 26 heavy (non-hydrogen) atoms. The van der Waals surface area contributed by atoms with E-state index in [1.165, 1.54) is 11.8 Å².